The molecular weight excluding hydrogens is 312 g/mol. The quantitative estimate of drug-likeness (QED) is 0.881. The van der Waals surface area contributed by atoms with Crippen LogP contribution in [0.5, 0.6) is 0 Å². The van der Waals surface area contributed by atoms with Crippen molar-refractivity contribution in [3.05, 3.63) is 50.9 Å². The standard InChI is InChI=1S/C14H15ClN2OS2/c1-19-9-10-3-2-7-16-13(10)14(18)17-8-6-11-4-5-12(15)20-11/h2-5,7H,6,8-9H2,1H3,(H,17,18). The number of nitrogens with zero attached hydrogens (tertiary/aromatic N) is 1. The van der Waals surface area contributed by atoms with Crippen molar-refractivity contribution in [1.82, 2.24) is 10.3 Å². The molecule has 0 fully saturated rings. The molecule has 0 spiro atoms. The van der Waals surface area contributed by atoms with Gasteiger partial charge in [-0.05, 0) is 36.4 Å². The molecule has 106 valence electrons. The summed E-state index contributed by atoms with van der Waals surface area (Å²) in [5.41, 5.74) is 1.49. The highest BCUT2D eigenvalue weighted by molar-refractivity contribution is 7.97. The summed E-state index contributed by atoms with van der Waals surface area (Å²) in [6, 6.07) is 7.66. The number of halogens is 1. The lowest BCUT2D eigenvalue weighted by Gasteiger charge is -2.07. The molecule has 2 aromatic rings. The number of carbonyl (C=O) groups is 1. The number of thioether (sulfide) groups is 1. The van der Waals surface area contributed by atoms with E-state index in [1.165, 1.54) is 4.88 Å². The van der Waals surface area contributed by atoms with Crippen molar-refractivity contribution < 1.29 is 4.79 Å². The fraction of sp³-hybridized carbons (Fsp3) is 0.286. The third kappa shape index (κ3) is 4.23. The third-order valence-corrected chi connectivity index (χ3v) is 4.58. The predicted octanol–water partition coefficient (Wildman–Crippen LogP) is 3.63. The Labute approximate surface area is 131 Å². The van der Waals surface area contributed by atoms with Crippen LogP contribution in [0.3, 0.4) is 0 Å². The van der Waals surface area contributed by atoms with Crippen LogP contribution in [0.4, 0.5) is 0 Å². The highest BCUT2D eigenvalue weighted by atomic mass is 35.5. The maximum atomic E-state index is 12.1. The zero-order valence-electron chi connectivity index (χ0n) is 11.1. The zero-order valence-corrected chi connectivity index (χ0v) is 13.4. The minimum absolute atomic E-state index is 0.114. The second-order valence-electron chi connectivity index (χ2n) is 4.16. The van der Waals surface area contributed by atoms with Crippen molar-refractivity contribution in [2.45, 2.75) is 12.2 Å². The van der Waals surface area contributed by atoms with Gasteiger partial charge in [0.2, 0.25) is 0 Å². The summed E-state index contributed by atoms with van der Waals surface area (Å²) in [5, 5.41) is 2.91. The average Bonchev–Trinajstić information content (AvgIpc) is 2.85. The minimum atomic E-state index is -0.114. The molecule has 0 aromatic carbocycles. The first-order valence-electron chi connectivity index (χ1n) is 6.16. The Morgan fingerprint density at radius 3 is 3.00 bits per heavy atom. The molecule has 2 aromatic heterocycles. The van der Waals surface area contributed by atoms with Crippen molar-refractivity contribution in [2.24, 2.45) is 0 Å². The van der Waals surface area contributed by atoms with Crippen LogP contribution in [-0.2, 0) is 12.2 Å². The van der Waals surface area contributed by atoms with Crippen LogP contribution < -0.4 is 5.32 Å². The highest BCUT2D eigenvalue weighted by Crippen LogP contribution is 2.21. The second kappa shape index (κ2) is 7.67. The summed E-state index contributed by atoms with van der Waals surface area (Å²) < 4.78 is 0.776. The lowest BCUT2D eigenvalue weighted by Crippen LogP contribution is -2.27. The van der Waals surface area contributed by atoms with E-state index in [1.807, 2.05) is 30.5 Å². The molecule has 1 amide bonds. The summed E-state index contributed by atoms with van der Waals surface area (Å²) in [6.07, 6.45) is 4.45. The SMILES string of the molecule is CSCc1cccnc1C(=O)NCCc1ccc(Cl)s1. The van der Waals surface area contributed by atoms with Crippen LogP contribution in [0, 0.1) is 0 Å². The van der Waals surface area contributed by atoms with Gasteiger partial charge < -0.3 is 5.32 Å². The topological polar surface area (TPSA) is 42.0 Å². The van der Waals surface area contributed by atoms with Gasteiger partial charge >= 0.3 is 0 Å². The van der Waals surface area contributed by atoms with Crippen LogP contribution in [-0.4, -0.2) is 23.7 Å². The molecule has 0 aliphatic heterocycles. The van der Waals surface area contributed by atoms with Gasteiger partial charge in [-0.25, -0.2) is 0 Å². The number of aromatic nitrogens is 1. The maximum absolute atomic E-state index is 12.1. The van der Waals surface area contributed by atoms with E-state index in [-0.39, 0.29) is 5.91 Å². The number of pyridine rings is 1. The van der Waals surface area contributed by atoms with Crippen molar-refractivity contribution >= 4 is 40.6 Å². The number of thiophene rings is 1. The summed E-state index contributed by atoms with van der Waals surface area (Å²) in [6.45, 7) is 0.588. The second-order valence-corrected chi connectivity index (χ2v) is 6.82. The van der Waals surface area contributed by atoms with Crippen LogP contribution >= 0.6 is 34.7 Å². The molecule has 0 atom stereocenters. The van der Waals surface area contributed by atoms with Crippen LogP contribution in [0.1, 0.15) is 20.9 Å². The molecule has 2 rings (SSSR count). The number of carbonyl (C=O) groups excluding carboxylic acids is 1. The Bertz CT molecular complexity index is 586. The molecule has 0 unspecified atom stereocenters. The number of hydrogen-bond acceptors (Lipinski definition) is 4. The molecule has 0 aliphatic rings. The van der Waals surface area contributed by atoms with E-state index >= 15 is 0 Å². The summed E-state index contributed by atoms with van der Waals surface area (Å²) in [5.74, 6) is 0.675. The third-order valence-electron chi connectivity index (χ3n) is 2.69. The molecule has 6 heteroatoms. The lowest BCUT2D eigenvalue weighted by molar-refractivity contribution is 0.0948. The Hall–Kier alpha value is -1.04. The summed E-state index contributed by atoms with van der Waals surface area (Å²) in [4.78, 5) is 17.5. The first-order valence-corrected chi connectivity index (χ1v) is 8.75. The van der Waals surface area contributed by atoms with Gasteiger partial charge in [0.1, 0.15) is 5.69 Å². The van der Waals surface area contributed by atoms with Gasteiger partial charge in [-0.2, -0.15) is 11.8 Å². The van der Waals surface area contributed by atoms with Gasteiger partial charge in [0.05, 0.1) is 4.34 Å². The lowest BCUT2D eigenvalue weighted by atomic mass is 10.2. The molecule has 0 saturated carbocycles. The van der Waals surface area contributed by atoms with Gasteiger partial charge in [0, 0.05) is 23.4 Å². The molecule has 0 radical (unpaired) electrons. The molecule has 1 N–H and O–H groups in total. The van der Waals surface area contributed by atoms with Crippen LogP contribution in [0.15, 0.2) is 30.5 Å². The molecule has 2 heterocycles. The van der Waals surface area contributed by atoms with E-state index in [1.54, 1.807) is 29.3 Å². The minimum Gasteiger partial charge on any atom is -0.350 e. The summed E-state index contributed by atoms with van der Waals surface area (Å²) in [7, 11) is 0. The van der Waals surface area contributed by atoms with E-state index in [2.05, 4.69) is 10.3 Å². The number of nitrogens with one attached hydrogen (secondary N) is 1. The molecule has 0 bridgehead atoms. The van der Waals surface area contributed by atoms with Gasteiger partial charge in [-0.3, -0.25) is 9.78 Å². The molecule has 3 nitrogen and oxygen atoms in total. The molecule has 20 heavy (non-hydrogen) atoms. The number of hydrogen-bond donors (Lipinski definition) is 1. The maximum Gasteiger partial charge on any atom is 0.270 e. The van der Waals surface area contributed by atoms with E-state index in [4.69, 9.17) is 11.6 Å². The van der Waals surface area contributed by atoms with Gasteiger partial charge in [-0.1, -0.05) is 17.7 Å². The largest absolute Gasteiger partial charge is 0.350 e. The highest BCUT2D eigenvalue weighted by Gasteiger charge is 2.11. The monoisotopic (exact) mass is 326 g/mol. The van der Waals surface area contributed by atoms with E-state index in [0.29, 0.717) is 12.2 Å². The van der Waals surface area contributed by atoms with E-state index < -0.39 is 0 Å². The normalized spacial score (nSPS) is 10.5. The Balaban J connectivity index is 1.91. The Kier molecular flexibility index (Phi) is 5.88. The molecular formula is C14H15ClN2OS2. The van der Waals surface area contributed by atoms with Crippen LogP contribution in [0.2, 0.25) is 4.34 Å². The Morgan fingerprint density at radius 2 is 2.30 bits per heavy atom. The summed E-state index contributed by atoms with van der Waals surface area (Å²) >= 11 is 9.09. The van der Waals surface area contributed by atoms with Gasteiger partial charge in [0.25, 0.3) is 5.91 Å². The number of amides is 1. The fourth-order valence-electron chi connectivity index (χ4n) is 1.78. The molecule has 0 saturated heterocycles. The van der Waals surface area contributed by atoms with Gasteiger partial charge in [0.15, 0.2) is 0 Å². The van der Waals surface area contributed by atoms with Gasteiger partial charge in [-0.15, -0.1) is 11.3 Å². The van der Waals surface area contributed by atoms with Crippen molar-refractivity contribution in [2.75, 3.05) is 12.8 Å². The average molecular weight is 327 g/mol. The molecule has 0 aliphatic carbocycles. The van der Waals surface area contributed by atoms with Crippen molar-refractivity contribution in [3.8, 4) is 0 Å². The Morgan fingerprint density at radius 1 is 1.45 bits per heavy atom. The number of rotatable bonds is 6. The zero-order chi connectivity index (χ0) is 14.4. The van der Waals surface area contributed by atoms with Crippen LogP contribution in [0.25, 0.3) is 0 Å². The van der Waals surface area contributed by atoms with E-state index in [9.17, 15) is 4.79 Å². The van der Waals surface area contributed by atoms with Crippen molar-refractivity contribution in [1.29, 1.82) is 0 Å². The van der Waals surface area contributed by atoms with E-state index in [0.717, 1.165) is 22.1 Å². The first kappa shape index (κ1) is 15.4. The first-order chi connectivity index (χ1) is 9.70. The predicted molar refractivity (Wildman–Crippen MR) is 86.8 cm³/mol. The fourth-order valence-corrected chi connectivity index (χ4v) is 3.42. The smallest absolute Gasteiger partial charge is 0.270 e. The van der Waals surface area contributed by atoms with Crippen molar-refractivity contribution in [3.63, 3.8) is 0 Å².